The van der Waals surface area contributed by atoms with Crippen LogP contribution in [0, 0.1) is 0 Å². The lowest BCUT2D eigenvalue weighted by molar-refractivity contribution is -0.115. The fraction of sp³-hybridized carbons (Fsp3) is 0.133. The van der Waals surface area contributed by atoms with Crippen LogP contribution in [0.4, 0.5) is 11.4 Å². The van der Waals surface area contributed by atoms with Gasteiger partial charge >= 0.3 is 0 Å². The molecule has 114 valence electrons. The number of hydrogen-bond acceptors (Lipinski definition) is 3. The molecule has 0 saturated carbocycles. The SMILES string of the molecule is CCC(=O)Nc1cccc(C(=O)Nc2cc(Cl)cnc2Br)c1. The summed E-state index contributed by atoms with van der Waals surface area (Å²) in [5.74, 6) is -0.434. The lowest BCUT2D eigenvalue weighted by Gasteiger charge is -2.09. The minimum absolute atomic E-state index is 0.112. The Kier molecular flexibility index (Phi) is 5.51. The maximum Gasteiger partial charge on any atom is 0.255 e. The number of anilines is 2. The highest BCUT2D eigenvalue weighted by Crippen LogP contribution is 2.24. The van der Waals surface area contributed by atoms with Crippen molar-refractivity contribution in [2.24, 2.45) is 0 Å². The highest BCUT2D eigenvalue weighted by molar-refractivity contribution is 9.10. The van der Waals surface area contributed by atoms with Gasteiger partial charge < -0.3 is 10.6 Å². The van der Waals surface area contributed by atoms with Crippen molar-refractivity contribution < 1.29 is 9.59 Å². The van der Waals surface area contributed by atoms with Crippen molar-refractivity contribution in [3.8, 4) is 0 Å². The van der Waals surface area contributed by atoms with E-state index in [1.165, 1.54) is 6.20 Å². The number of hydrogen-bond donors (Lipinski definition) is 2. The van der Waals surface area contributed by atoms with Crippen molar-refractivity contribution in [2.45, 2.75) is 13.3 Å². The van der Waals surface area contributed by atoms with Crippen LogP contribution in [0.3, 0.4) is 0 Å². The molecule has 2 N–H and O–H groups in total. The fourth-order valence-corrected chi connectivity index (χ4v) is 2.17. The van der Waals surface area contributed by atoms with Crippen LogP contribution < -0.4 is 10.6 Å². The van der Waals surface area contributed by atoms with Gasteiger partial charge in [0, 0.05) is 23.9 Å². The highest BCUT2D eigenvalue weighted by atomic mass is 79.9. The third-order valence-electron chi connectivity index (χ3n) is 2.78. The molecule has 5 nitrogen and oxygen atoms in total. The number of nitrogens with zero attached hydrogens (tertiary/aromatic N) is 1. The molecule has 0 aliphatic heterocycles. The van der Waals surface area contributed by atoms with Gasteiger partial charge in [-0.05, 0) is 40.2 Å². The highest BCUT2D eigenvalue weighted by Gasteiger charge is 2.10. The molecule has 7 heteroatoms. The molecule has 0 atom stereocenters. The van der Waals surface area contributed by atoms with Crippen molar-refractivity contribution in [1.82, 2.24) is 4.98 Å². The molecular formula is C15H13BrClN3O2. The van der Waals surface area contributed by atoms with Gasteiger partial charge in [-0.3, -0.25) is 9.59 Å². The van der Waals surface area contributed by atoms with E-state index < -0.39 is 0 Å². The zero-order valence-electron chi connectivity index (χ0n) is 11.7. The summed E-state index contributed by atoms with van der Waals surface area (Å²) in [6.45, 7) is 1.76. The van der Waals surface area contributed by atoms with Gasteiger partial charge in [-0.2, -0.15) is 0 Å². The van der Waals surface area contributed by atoms with Crippen LogP contribution in [0.5, 0.6) is 0 Å². The Hall–Kier alpha value is -1.92. The van der Waals surface area contributed by atoms with Crippen molar-refractivity contribution >= 4 is 50.7 Å². The topological polar surface area (TPSA) is 71.1 Å². The first-order chi connectivity index (χ1) is 10.5. The Morgan fingerprint density at radius 1 is 1.27 bits per heavy atom. The van der Waals surface area contributed by atoms with Crippen LogP contribution in [0.15, 0.2) is 41.1 Å². The molecule has 0 aliphatic rings. The molecule has 1 heterocycles. The number of carbonyl (C=O) groups excluding carboxylic acids is 2. The third-order valence-corrected chi connectivity index (χ3v) is 3.62. The number of aromatic nitrogens is 1. The first kappa shape index (κ1) is 16.5. The fourth-order valence-electron chi connectivity index (χ4n) is 1.69. The molecule has 2 amide bonds. The second-order valence-corrected chi connectivity index (χ2v) is 5.62. The van der Waals surface area contributed by atoms with Crippen LogP contribution in [-0.2, 0) is 4.79 Å². The summed E-state index contributed by atoms with van der Waals surface area (Å²) < 4.78 is 0.487. The van der Waals surface area contributed by atoms with Gasteiger partial charge in [0.15, 0.2) is 0 Å². The van der Waals surface area contributed by atoms with Gasteiger partial charge in [0.25, 0.3) is 5.91 Å². The summed E-state index contributed by atoms with van der Waals surface area (Å²) in [7, 11) is 0. The Balaban J connectivity index is 2.17. The van der Waals surface area contributed by atoms with Crippen LogP contribution in [0.25, 0.3) is 0 Å². The standard InChI is InChI=1S/C15H13BrClN3O2/c1-2-13(21)19-11-5-3-4-9(6-11)15(22)20-12-7-10(17)8-18-14(12)16/h3-8H,2H2,1H3,(H,19,21)(H,20,22). The maximum atomic E-state index is 12.3. The number of amides is 2. The molecule has 0 spiro atoms. The molecule has 0 radical (unpaired) electrons. The molecule has 0 aliphatic carbocycles. The molecule has 2 rings (SSSR count). The molecule has 0 fully saturated rings. The van der Waals surface area contributed by atoms with E-state index in [-0.39, 0.29) is 11.8 Å². The molecule has 0 unspecified atom stereocenters. The van der Waals surface area contributed by atoms with Crippen molar-refractivity contribution in [1.29, 1.82) is 0 Å². The summed E-state index contributed by atoms with van der Waals surface area (Å²) in [5.41, 5.74) is 1.46. The predicted octanol–water partition coefficient (Wildman–Crippen LogP) is 4.10. The first-order valence-corrected chi connectivity index (χ1v) is 7.69. The van der Waals surface area contributed by atoms with Crippen molar-refractivity contribution in [3.05, 3.63) is 51.7 Å². The zero-order valence-corrected chi connectivity index (χ0v) is 14.0. The number of pyridine rings is 1. The average Bonchev–Trinajstić information content (AvgIpc) is 2.51. The summed E-state index contributed by atoms with van der Waals surface area (Å²) in [6.07, 6.45) is 1.85. The normalized spacial score (nSPS) is 10.1. The van der Waals surface area contributed by atoms with E-state index in [2.05, 4.69) is 31.5 Å². The number of benzene rings is 1. The molecule has 1 aromatic heterocycles. The second kappa shape index (κ2) is 7.38. The predicted molar refractivity (Wildman–Crippen MR) is 90.3 cm³/mol. The van der Waals surface area contributed by atoms with Crippen LogP contribution in [-0.4, -0.2) is 16.8 Å². The molecule has 22 heavy (non-hydrogen) atoms. The van der Waals surface area contributed by atoms with Gasteiger partial charge in [0.2, 0.25) is 5.91 Å². The van der Waals surface area contributed by atoms with Crippen LogP contribution >= 0.6 is 27.5 Å². The average molecular weight is 383 g/mol. The molecule has 0 saturated heterocycles. The van der Waals surface area contributed by atoms with E-state index in [1.807, 2.05) is 0 Å². The number of halogens is 2. The van der Waals surface area contributed by atoms with E-state index in [0.29, 0.717) is 33.0 Å². The van der Waals surface area contributed by atoms with Gasteiger partial charge in [0.05, 0.1) is 10.7 Å². The second-order valence-electron chi connectivity index (χ2n) is 4.43. The number of carbonyl (C=O) groups is 2. The lowest BCUT2D eigenvalue weighted by atomic mass is 10.2. The molecular weight excluding hydrogens is 370 g/mol. The first-order valence-electron chi connectivity index (χ1n) is 6.52. The van der Waals surface area contributed by atoms with Gasteiger partial charge in [-0.15, -0.1) is 0 Å². The Morgan fingerprint density at radius 3 is 2.77 bits per heavy atom. The summed E-state index contributed by atoms with van der Waals surface area (Å²) in [5, 5.41) is 5.84. The minimum atomic E-state index is -0.322. The Bertz CT molecular complexity index is 722. The summed E-state index contributed by atoms with van der Waals surface area (Å²) in [4.78, 5) is 27.7. The third kappa shape index (κ3) is 4.29. The van der Waals surface area contributed by atoms with E-state index >= 15 is 0 Å². The van der Waals surface area contributed by atoms with E-state index in [1.54, 1.807) is 37.3 Å². The lowest BCUT2D eigenvalue weighted by Crippen LogP contribution is -2.14. The van der Waals surface area contributed by atoms with Gasteiger partial charge in [0.1, 0.15) is 4.60 Å². The number of nitrogens with one attached hydrogen (secondary N) is 2. The van der Waals surface area contributed by atoms with E-state index in [4.69, 9.17) is 11.6 Å². The molecule has 2 aromatic rings. The molecule has 0 bridgehead atoms. The minimum Gasteiger partial charge on any atom is -0.326 e. The Labute approximate surface area is 141 Å². The maximum absolute atomic E-state index is 12.3. The smallest absolute Gasteiger partial charge is 0.255 e. The zero-order chi connectivity index (χ0) is 16.1. The summed E-state index contributed by atoms with van der Waals surface area (Å²) in [6, 6.07) is 8.28. The van der Waals surface area contributed by atoms with Crippen molar-refractivity contribution in [3.63, 3.8) is 0 Å². The van der Waals surface area contributed by atoms with E-state index in [0.717, 1.165) is 0 Å². The van der Waals surface area contributed by atoms with Crippen LogP contribution in [0.2, 0.25) is 5.02 Å². The van der Waals surface area contributed by atoms with Gasteiger partial charge in [-0.1, -0.05) is 24.6 Å². The van der Waals surface area contributed by atoms with Crippen molar-refractivity contribution in [2.75, 3.05) is 10.6 Å². The summed E-state index contributed by atoms with van der Waals surface area (Å²) >= 11 is 9.11. The van der Waals surface area contributed by atoms with Crippen LogP contribution in [0.1, 0.15) is 23.7 Å². The number of rotatable bonds is 4. The Morgan fingerprint density at radius 2 is 2.05 bits per heavy atom. The monoisotopic (exact) mass is 381 g/mol. The van der Waals surface area contributed by atoms with Gasteiger partial charge in [-0.25, -0.2) is 4.98 Å². The largest absolute Gasteiger partial charge is 0.326 e. The van der Waals surface area contributed by atoms with E-state index in [9.17, 15) is 9.59 Å². The quantitative estimate of drug-likeness (QED) is 0.782. The molecule has 1 aromatic carbocycles.